The number of anilines is 1. The lowest BCUT2D eigenvalue weighted by Crippen LogP contribution is -2.37. The van der Waals surface area contributed by atoms with Crippen LogP contribution in [0.5, 0.6) is 0 Å². The molecule has 2 rings (SSSR count). The van der Waals surface area contributed by atoms with Gasteiger partial charge in [-0.3, -0.25) is 4.79 Å². The minimum absolute atomic E-state index is 0.207. The van der Waals surface area contributed by atoms with Crippen molar-refractivity contribution >= 4 is 17.7 Å². The molecule has 2 amide bonds. The van der Waals surface area contributed by atoms with E-state index in [2.05, 4.69) is 10.6 Å². The quantitative estimate of drug-likeness (QED) is 0.792. The third-order valence-electron chi connectivity index (χ3n) is 3.92. The first-order chi connectivity index (χ1) is 12.0. The maximum absolute atomic E-state index is 12.0. The van der Waals surface area contributed by atoms with Crippen molar-refractivity contribution in [1.82, 2.24) is 5.32 Å². The zero-order chi connectivity index (χ0) is 18.2. The Bertz CT molecular complexity index is 726. The van der Waals surface area contributed by atoms with E-state index in [9.17, 15) is 9.59 Å². The highest BCUT2D eigenvalue weighted by atomic mass is 16.5. The second-order valence-corrected chi connectivity index (χ2v) is 6.11. The smallest absolute Gasteiger partial charge is 0.319 e. The van der Waals surface area contributed by atoms with E-state index < -0.39 is 5.92 Å². The maximum Gasteiger partial charge on any atom is 0.319 e. The number of esters is 1. The van der Waals surface area contributed by atoms with Crippen molar-refractivity contribution < 1.29 is 14.3 Å². The minimum Gasteiger partial charge on any atom is -0.469 e. The van der Waals surface area contributed by atoms with Crippen LogP contribution in [0.3, 0.4) is 0 Å². The Morgan fingerprint density at radius 1 is 1.04 bits per heavy atom. The molecule has 5 nitrogen and oxygen atoms in total. The average molecular weight is 340 g/mol. The zero-order valence-electron chi connectivity index (χ0n) is 14.8. The largest absolute Gasteiger partial charge is 0.469 e. The van der Waals surface area contributed by atoms with Gasteiger partial charge in [0.25, 0.3) is 0 Å². The van der Waals surface area contributed by atoms with Crippen LogP contribution in [0.1, 0.15) is 16.7 Å². The summed E-state index contributed by atoms with van der Waals surface area (Å²) in [6, 6.07) is 15.1. The molecule has 0 fully saturated rings. The molecule has 2 aromatic rings. The number of aryl methyl sites for hydroxylation is 2. The number of hydrogen-bond donors (Lipinski definition) is 2. The number of amides is 2. The summed E-state index contributed by atoms with van der Waals surface area (Å²) in [5.74, 6) is -0.771. The average Bonchev–Trinajstić information content (AvgIpc) is 2.60. The van der Waals surface area contributed by atoms with Crippen LogP contribution in [0.25, 0.3) is 0 Å². The zero-order valence-corrected chi connectivity index (χ0v) is 14.8. The first kappa shape index (κ1) is 18.5. The number of benzene rings is 2. The number of carbonyl (C=O) groups is 2. The third-order valence-corrected chi connectivity index (χ3v) is 3.92. The molecule has 0 saturated carbocycles. The second kappa shape index (κ2) is 8.87. The van der Waals surface area contributed by atoms with Crippen LogP contribution in [0.2, 0.25) is 0 Å². The predicted octanol–water partition coefficient (Wildman–Crippen LogP) is 3.46. The lowest BCUT2D eigenvalue weighted by Gasteiger charge is -2.16. The van der Waals surface area contributed by atoms with Gasteiger partial charge in [-0.15, -0.1) is 0 Å². The standard InChI is InChI=1S/C20H24N2O3/c1-14-7-9-18(10-8-14)22-20(24)21-13-17(19(23)25-3)12-16-6-4-5-15(2)11-16/h4-11,17H,12-13H2,1-3H3,(H2,21,22,24). The van der Waals surface area contributed by atoms with Crippen molar-refractivity contribution in [2.75, 3.05) is 19.0 Å². The summed E-state index contributed by atoms with van der Waals surface area (Å²) in [6.07, 6.45) is 0.513. The van der Waals surface area contributed by atoms with Gasteiger partial charge in [0.2, 0.25) is 0 Å². The molecular weight excluding hydrogens is 316 g/mol. The lowest BCUT2D eigenvalue weighted by atomic mass is 9.98. The fourth-order valence-corrected chi connectivity index (χ4v) is 2.56. The molecule has 0 aromatic heterocycles. The molecule has 25 heavy (non-hydrogen) atoms. The molecule has 2 N–H and O–H groups in total. The van der Waals surface area contributed by atoms with E-state index in [1.54, 1.807) is 0 Å². The lowest BCUT2D eigenvalue weighted by molar-refractivity contribution is -0.145. The number of carbonyl (C=O) groups excluding carboxylic acids is 2. The van der Waals surface area contributed by atoms with Gasteiger partial charge in [0.15, 0.2) is 0 Å². The van der Waals surface area contributed by atoms with E-state index in [-0.39, 0.29) is 18.5 Å². The van der Waals surface area contributed by atoms with E-state index in [1.807, 2.05) is 62.4 Å². The molecule has 0 heterocycles. The molecule has 132 valence electrons. The summed E-state index contributed by atoms with van der Waals surface area (Å²) < 4.78 is 4.87. The van der Waals surface area contributed by atoms with Crippen LogP contribution < -0.4 is 10.6 Å². The molecule has 0 aliphatic carbocycles. The van der Waals surface area contributed by atoms with Gasteiger partial charge in [-0.2, -0.15) is 0 Å². The van der Waals surface area contributed by atoms with Crippen LogP contribution in [0.15, 0.2) is 48.5 Å². The van der Waals surface area contributed by atoms with Crippen molar-refractivity contribution in [2.24, 2.45) is 5.92 Å². The summed E-state index contributed by atoms with van der Waals surface area (Å²) in [4.78, 5) is 24.1. The van der Waals surface area contributed by atoms with E-state index in [0.29, 0.717) is 12.1 Å². The molecule has 0 spiro atoms. The summed E-state index contributed by atoms with van der Waals surface area (Å²) in [6.45, 7) is 4.19. The molecule has 1 atom stereocenters. The minimum atomic E-state index is -0.435. The van der Waals surface area contributed by atoms with Gasteiger partial charge in [0, 0.05) is 12.2 Å². The van der Waals surface area contributed by atoms with E-state index in [4.69, 9.17) is 4.74 Å². The van der Waals surface area contributed by atoms with Gasteiger partial charge in [-0.1, -0.05) is 47.5 Å². The predicted molar refractivity (Wildman–Crippen MR) is 98.6 cm³/mol. The highest BCUT2D eigenvalue weighted by Gasteiger charge is 2.20. The molecule has 0 saturated heterocycles. The molecule has 0 bridgehead atoms. The third kappa shape index (κ3) is 5.95. The second-order valence-electron chi connectivity index (χ2n) is 6.11. The first-order valence-corrected chi connectivity index (χ1v) is 8.23. The van der Waals surface area contributed by atoms with Crippen LogP contribution in [-0.4, -0.2) is 25.7 Å². The molecule has 2 aromatic carbocycles. The molecule has 0 radical (unpaired) electrons. The highest BCUT2D eigenvalue weighted by molar-refractivity contribution is 5.89. The summed E-state index contributed by atoms with van der Waals surface area (Å²) in [7, 11) is 1.36. The Balaban J connectivity index is 1.93. The van der Waals surface area contributed by atoms with Crippen molar-refractivity contribution in [3.63, 3.8) is 0 Å². The number of methoxy groups -OCH3 is 1. The molecule has 0 aliphatic rings. The van der Waals surface area contributed by atoms with Crippen molar-refractivity contribution in [3.05, 3.63) is 65.2 Å². The maximum atomic E-state index is 12.0. The molecule has 5 heteroatoms. The van der Waals surface area contributed by atoms with Gasteiger partial charge < -0.3 is 15.4 Å². The number of hydrogen-bond acceptors (Lipinski definition) is 3. The normalized spacial score (nSPS) is 11.5. The van der Waals surface area contributed by atoms with Crippen molar-refractivity contribution in [1.29, 1.82) is 0 Å². The Morgan fingerprint density at radius 2 is 1.76 bits per heavy atom. The molecule has 1 unspecified atom stereocenters. The Kier molecular flexibility index (Phi) is 6.57. The Labute approximate surface area is 148 Å². The van der Waals surface area contributed by atoms with Crippen molar-refractivity contribution in [3.8, 4) is 0 Å². The fourth-order valence-electron chi connectivity index (χ4n) is 2.56. The van der Waals surface area contributed by atoms with E-state index in [0.717, 1.165) is 16.7 Å². The molecule has 0 aliphatic heterocycles. The SMILES string of the molecule is COC(=O)C(CNC(=O)Nc1ccc(C)cc1)Cc1cccc(C)c1. The summed E-state index contributed by atoms with van der Waals surface area (Å²) in [5.41, 5.74) is 3.99. The molecular formula is C20H24N2O3. The summed E-state index contributed by atoms with van der Waals surface area (Å²) >= 11 is 0. The van der Waals surface area contributed by atoms with Crippen LogP contribution in [0, 0.1) is 19.8 Å². The van der Waals surface area contributed by atoms with E-state index >= 15 is 0 Å². The van der Waals surface area contributed by atoms with Gasteiger partial charge in [0.1, 0.15) is 0 Å². The highest BCUT2D eigenvalue weighted by Crippen LogP contribution is 2.12. The van der Waals surface area contributed by atoms with Gasteiger partial charge in [0.05, 0.1) is 13.0 Å². The summed E-state index contributed by atoms with van der Waals surface area (Å²) in [5, 5.41) is 5.50. The van der Waals surface area contributed by atoms with Gasteiger partial charge in [-0.05, 0) is 38.0 Å². The van der Waals surface area contributed by atoms with Crippen LogP contribution >= 0.6 is 0 Å². The Hall–Kier alpha value is -2.82. The monoisotopic (exact) mass is 340 g/mol. The van der Waals surface area contributed by atoms with Gasteiger partial charge >= 0.3 is 12.0 Å². The Morgan fingerprint density at radius 3 is 2.40 bits per heavy atom. The topological polar surface area (TPSA) is 67.4 Å². The van der Waals surface area contributed by atoms with Gasteiger partial charge in [-0.25, -0.2) is 4.79 Å². The number of ether oxygens (including phenoxy) is 1. The number of nitrogens with one attached hydrogen (secondary N) is 2. The fraction of sp³-hybridized carbons (Fsp3) is 0.300. The first-order valence-electron chi connectivity index (χ1n) is 8.23. The van der Waals surface area contributed by atoms with Crippen LogP contribution in [-0.2, 0) is 16.0 Å². The number of urea groups is 1. The number of rotatable bonds is 6. The van der Waals surface area contributed by atoms with Crippen LogP contribution in [0.4, 0.5) is 10.5 Å². The van der Waals surface area contributed by atoms with E-state index in [1.165, 1.54) is 7.11 Å². The van der Waals surface area contributed by atoms with Crippen molar-refractivity contribution in [2.45, 2.75) is 20.3 Å².